The Morgan fingerprint density at radius 1 is 1.44 bits per heavy atom. The molecule has 1 amide bonds. The first kappa shape index (κ1) is 15.4. The second-order valence-electron chi connectivity index (χ2n) is 4.38. The number of amides is 1. The monoisotopic (exact) mass is 279 g/mol. The minimum absolute atomic E-state index is 0.0939. The Morgan fingerprint density at radius 2 is 2.06 bits per heavy atom. The number of ether oxygens (including phenoxy) is 1. The van der Waals surface area contributed by atoms with Gasteiger partial charge in [-0.2, -0.15) is 0 Å². The zero-order valence-corrected chi connectivity index (χ0v) is 11.4. The largest absolute Gasteiger partial charge is 0.378 e. The lowest BCUT2D eigenvalue weighted by Gasteiger charge is -2.20. The molecule has 1 fully saturated rings. The minimum atomic E-state index is -3.19. The summed E-state index contributed by atoms with van der Waals surface area (Å²) in [5.74, 6) is -0.0939. The van der Waals surface area contributed by atoms with Crippen molar-refractivity contribution in [2.45, 2.75) is 18.9 Å². The highest BCUT2D eigenvalue weighted by molar-refractivity contribution is 7.88. The Balaban J connectivity index is 2.13. The van der Waals surface area contributed by atoms with Gasteiger partial charge in [0.05, 0.1) is 19.5 Å². The van der Waals surface area contributed by atoms with Crippen LogP contribution >= 0.6 is 0 Å². The van der Waals surface area contributed by atoms with Gasteiger partial charge >= 0.3 is 0 Å². The van der Waals surface area contributed by atoms with Gasteiger partial charge in [-0.1, -0.05) is 0 Å². The maximum absolute atomic E-state index is 11.8. The van der Waals surface area contributed by atoms with Gasteiger partial charge in [0.15, 0.2) is 0 Å². The van der Waals surface area contributed by atoms with E-state index in [4.69, 9.17) is 10.5 Å². The number of likely N-dealkylation sites (tertiary alicyclic amines) is 1. The molecule has 0 aromatic heterocycles. The van der Waals surface area contributed by atoms with Crippen LogP contribution in [0.3, 0.4) is 0 Å². The van der Waals surface area contributed by atoms with Crippen molar-refractivity contribution in [3.8, 4) is 0 Å². The van der Waals surface area contributed by atoms with Gasteiger partial charge in [0.25, 0.3) is 0 Å². The van der Waals surface area contributed by atoms with Crippen LogP contribution in [-0.2, 0) is 19.6 Å². The number of sulfonamides is 1. The summed E-state index contributed by atoms with van der Waals surface area (Å²) in [4.78, 5) is 13.5. The molecule has 0 saturated carbocycles. The van der Waals surface area contributed by atoms with Crippen molar-refractivity contribution >= 4 is 15.9 Å². The summed E-state index contributed by atoms with van der Waals surface area (Å²) >= 11 is 0. The van der Waals surface area contributed by atoms with Crippen LogP contribution in [0.2, 0.25) is 0 Å². The number of carbonyl (C=O) groups is 1. The van der Waals surface area contributed by atoms with E-state index in [-0.39, 0.29) is 25.7 Å². The van der Waals surface area contributed by atoms with E-state index in [1.807, 2.05) is 0 Å². The number of nitrogens with one attached hydrogen (secondary N) is 1. The molecular formula is C10H21N3O4S. The summed E-state index contributed by atoms with van der Waals surface area (Å²) in [6, 6.07) is -0.665. The van der Waals surface area contributed by atoms with Crippen LogP contribution in [0.4, 0.5) is 0 Å². The Hall–Kier alpha value is -0.700. The van der Waals surface area contributed by atoms with Gasteiger partial charge in [0.2, 0.25) is 15.9 Å². The average molecular weight is 279 g/mol. The molecule has 3 N–H and O–H groups in total. The van der Waals surface area contributed by atoms with Crippen LogP contribution in [0, 0.1) is 0 Å². The van der Waals surface area contributed by atoms with E-state index in [2.05, 4.69) is 4.72 Å². The molecule has 7 nitrogen and oxygen atoms in total. The van der Waals surface area contributed by atoms with Crippen LogP contribution in [-0.4, -0.2) is 64.4 Å². The third-order valence-electron chi connectivity index (χ3n) is 2.64. The molecule has 1 rings (SSSR count). The molecule has 1 aliphatic heterocycles. The maximum Gasteiger partial charge on any atom is 0.241 e. The fraction of sp³-hybridized carbons (Fsp3) is 0.900. The molecule has 0 aromatic carbocycles. The van der Waals surface area contributed by atoms with Crippen LogP contribution in [0.15, 0.2) is 0 Å². The predicted octanol–water partition coefficient (Wildman–Crippen LogP) is -1.50. The van der Waals surface area contributed by atoms with Crippen LogP contribution in [0.1, 0.15) is 12.8 Å². The molecule has 106 valence electrons. The first-order valence-corrected chi connectivity index (χ1v) is 7.86. The summed E-state index contributed by atoms with van der Waals surface area (Å²) in [6.07, 6.45) is 3.13. The van der Waals surface area contributed by atoms with E-state index in [0.717, 1.165) is 32.2 Å². The average Bonchev–Trinajstić information content (AvgIpc) is 2.79. The van der Waals surface area contributed by atoms with Gasteiger partial charge in [-0.3, -0.25) is 4.79 Å². The summed E-state index contributed by atoms with van der Waals surface area (Å²) in [7, 11) is -3.19. The molecule has 18 heavy (non-hydrogen) atoms. The lowest BCUT2D eigenvalue weighted by atomic mass is 10.3. The highest BCUT2D eigenvalue weighted by Crippen LogP contribution is 2.08. The van der Waals surface area contributed by atoms with Crippen LogP contribution in [0.5, 0.6) is 0 Å². The van der Waals surface area contributed by atoms with Gasteiger partial charge in [0.1, 0.15) is 6.04 Å². The normalized spacial score (nSPS) is 18.0. The molecule has 1 aliphatic rings. The number of carbonyl (C=O) groups excluding carboxylic acids is 1. The van der Waals surface area contributed by atoms with E-state index in [0.29, 0.717) is 0 Å². The summed E-state index contributed by atoms with van der Waals surface area (Å²) < 4.78 is 29.0. The Bertz CT molecular complexity index is 365. The van der Waals surface area contributed by atoms with Gasteiger partial charge in [-0.25, -0.2) is 13.1 Å². The van der Waals surface area contributed by atoms with Crippen molar-refractivity contribution in [1.82, 2.24) is 9.62 Å². The van der Waals surface area contributed by atoms with Crippen molar-refractivity contribution < 1.29 is 17.9 Å². The van der Waals surface area contributed by atoms with Crippen molar-refractivity contribution in [3.05, 3.63) is 0 Å². The number of hydrogen-bond donors (Lipinski definition) is 2. The molecule has 1 saturated heterocycles. The van der Waals surface area contributed by atoms with Crippen molar-refractivity contribution in [1.29, 1.82) is 0 Å². The fourth-order valence-corrected chi connectivity index (χ4v) is 2.21. The standard InChI is InChI=1S/C10H21N3O4S/c1-18(15,16)12-4-7-17-8-9(11)10(14)13-5-2-3-6-13/h9,12H,2-8,11H2,1H3/t9-/m0/s1. The molecule has 0 spiro atoms. The number of nitrogens with zero attached hydrogens (tertiary/aromatic N) is 1. The SMILES string of the molecule is CS(=O)(=O)NCCOC[C@H](N)C(=O)N1CCCC1. The molecule has 0 aromatic rings. The zero-order chi connectivity index (χ0) is 13.6. The van der Waals surface area contributed by atoms with Crippen molar-refractivity contribution in [2.75, 3.05) is 39.1 Å². The van der Waals surface area contributed by atoms with Gasteiger partial charge in [-0.15, -0.1) is 0 Å². The molecule has 1 atom stereocenters. The number of hydrogen-bond acceptors (Lipinski definition) is 5. The molecular weight excluding hydrogens is 258 g/mol. The second-order valence-corrected chi connectivity index (χ2v) is 6.21. The summed E-state index contributed by atoms with van der Waals surface area (Å²) in [6.45, 7) is 2.03. The second kappa shape index (κ2) is 7.03. The smallest absolute Gasteiger partial charge is 0.241 e. The minimum Gasteiger partial charge on any atom is -0.378 e. The molecule has 0 unspecified atom stereocenters. The Morgan fingerprint density at radius 3 is 2.61 bits per heavy atom. The van der Waals surface area contributed by atoms with E-state index in [9.17, 15) is 13.2 Å². The van der Waals surface area contributed by atoms with Crippen molar-refractivity contribution in [2.24, 2.45) is 5.73 Å². The van der Waals surface area contributed by atoms with Gasteiger partial charge in [-0.05, 0) is 12.8 Å². The maximum atomic E-state index is 11.8. The first-order valence-electron chi connectivity index (χ1n) is 5.97. The first-order chi connectivity index (χ1) is 8.40. The third kappa shape index (κ3) is 5.76. The van der Waals surface area contributed by atoms with E-state index < -0.39 is 16.1 Å². The quantitative estimate of drug-likeness (QED) is 0.552. The molecule has 1 heterocycles. The number of nitrogens with two attached hydrogens (primary N) is 1. The van der Waals surface area contributed by atoms with Crippen molar-refractivity contribution in [3.63, 3.8) is 0 Å². The third-order valence-corrected chi connectivity index (χ3v) is 3.37. The van der Waals surface area contributed by atoms with E-state index in [1.54, 1.807) is 4.90 Å². The molecule has 0 bridgehead atoms. The molecule has 0 radical (unpaired) electrons. The van der Waals surface area contributed by atoms with Crippen LogP contribution < -0.4 is 10.5 Å². The lowest BCUT2D eigenvalue weighted by molar-refractivity contribution is -0.132. The van der Waals surface area contributed by atoms with E-state index >= 15 is 0 Å². The Kier molecular flexibility index (Phi) is 6.00. The zero-order valence-electron chi connectivity index (χ0n) is 10.6. The number of rotatable bonds is 7. The fourth-order valence-electron chi connectivity index (χ4n) is 1.75. The lowest BCUT2D eigenvalue weighted by Crippen LogP contribution is -2.45. The summed E-state index contributed by atoms with van der Waals surface area (Å²) in [5, 5.41) is 0. The molecule has 0 aliphatic carbocycles. The summed E-state index contributed by atoms with van der Waals surface area (Å²) in [5.41, 5.74) is 5.71. The Labute approximate surface area is 108 Å². The molecule has 8 heteroatoms. The van der Waals surface area contributed by atoms with Gasteiger partial charge in [0, 0.05) is 19.6 Å². The highest BCUT2D eigenvalue weighted by Gasteiger charge is 2.23. The van der Waals surface area contributed by atoms with Crippen LogP contribution in [0.25, 0.3) is 0 Å². The highest BCUT2D eigenvalue weighted by atomic mass is 32.2. The van der Waals surface area contributed by atoms with Gasteiger partial charge < -0.3 is 15.4 Å². The van der Waals surface area contributed by atoms with E-state index in [1.165, 1.54) is 0 Å². The predicted molar refractivity (Wildman–Crippen MR) is 67.5 cm³/mol. The topological polar surface area (TPSA) is 102 Å².